The van der Waals surface area contributed by atoms with Gasteiger partial charge in [0.2, 0.25) is 11.8 Å². The number of aldehydes is 1. The van der Waals surface area contributed by atoms with Crippen LogP contribution in [0.4, 0.5) is 61.4 Å². The molecule has 6 aliphatic heterocycles. The van der Waals surface area contributed by atoms with Crippen LogP contribution >= 0.6 is 34.8 Å². The van der Waals surface area contributed by atoms with E-state index in [4.69, 9.17) is 12.2 Å². The maximum atomic E-state index is 12.7. The summed E-state index contributed by atoms with van der Waals surface area (Å²) in [6, 6.07) is 91.2. The summed E-state index contributed by atoms with van der Waals surface area (Å²) >= 11 is 6.42. The van der Waals surface area contributed by atoms with Gasteiger partial charge in [0, 0.05) is 25.5 Å². The number of barbiturate groups is 1. The van der Waals surface area contributed by atoms with Gasteiger partial charge >= 0.3 is 602 Å². The van der Waals surface area contributed by atoms with Gasteiger partial charge < -0.3 is 5.32 Å². The number of hydrogen-bond acceptors (Lipinski definition) is 11. The number of para-hydroxylation sites is 8. The van der Waals surface area contributed by atoms with Crippen molar-refractivity contribution in [1.82, 2.24) is 19.6 Å². The predicted octanol–water partition coefficient (Wildman–Crippen LogP) is 13.5. The third-order valence-corrected chi connectivity index (χ3v) is 50.0. The Balaban J connectivity index is 0.000000125. The molecule has 11 heterocycles. The summed E-state index contributed by atoms with van der Waals surface area (Å²) < 4.78 is 16.8. The van der Waals surface area contributed by atoms with E-state index >= 15 is 0 Å². The van der Waals surface area contributed by atoms with Crippen molar-refractivity contribution < 1.29 is 28.8 Å². The molecule has 8 aromatic carbocycles. The van der Waals surface area contributed by atoms with E-state index in [1.165, 1.54) is 112 Å². The Labute approximate surface area is 746 Å². The van der Waals surface area contributed by atoms with E-state index in [-0.39, 0.29) is 90.2 Å². The molecule has 0 bridgehead atoms. The fraction of sp³-hybridized carbons (Fsp3) is 0.144. The summed E-state index contributed by atoms with van der Waals surface area (Å²) in [7, 11) is -0.669. The van der Waals surface area contributed by atoms with E-state index in [0.29, 0.717) is 0 Å². The van der Waals surface area contributed by atoms with Gasteiger partial charge in [0.25, 0.3) is 0 Å². The van der Waals surface area contributed by atoms with Crippen LogP contribution in [0.1, 0.15) is 18.4 Å². The molecular formula is C90H87IN8O6SSi4Te5. The molecule has 14 nitrogen and oxygen atoms in total. The Morgan fingerprint density at radius 2 is 0.696 bits per heavy atom. The third-order valence-electron chi connectivity index (χ3n) is 21.4. The summed E-state index contributed by atoms with van der Waals surface area (Å²) in [6.45, 7) is 19.5. The third kappa shape index (κ3) is 18.0. The van der Waals surface area contributed by atoms with Crippen LogP contribution in [0.25, 0.3) is 6.08 Å². The standard InChI is InChI=1S/C25H23N3O2SSiTe.C19H17NOSiTe.C18H17NSiTe.C14H15NSi.C6H8N2O3.C4H3ITe.C4H4Te/c1-26-23(29)17(24(30)27(2)25(26)31)15-16-13-14-22(33-16)28-18-9-5-7-11-20(18)32(3,4)21-12-8-6-10-19(21)28;1-22(2)17-9-5-3-7-15(17)20(16-8-4-6-10-18(16)22)19-12-11-14(13-21)23-19;1-20(2)16-10-5-3-8-14(16)19(18-12-7-13-21-18)15-9-4-6-11-17(15)20;1-16(2)13-9-5-3-7-11(13)15-12-8-4-6-10-14(12)16;1-7-4(9)3-5(10)8(2)6(7)11;5-4-2-1-3-6-4;1-2-4-5-3-1/h5-15H,1-4H3;3-13H,1-2H3;3-13H,1-2H3;3-10,15H,1-2H3;3H2,1-2H3;1-3H;1-4H. The fourth-order valence-corrected chi connectivity index (χ4v) is 38.4. The zero-order valence-corrected chi connectivity index (χ0v) is 84.5. The van der Waals surface area contributed by atoms with E-state index in [1.54, 1.807) is 32.1 Å². The van der Waals surface area contributed by atoms with Gasteiger partial charge in [-0.1, -0.05) is 49.5 Å². The van der Waals surface area contributed by atoms with Gasteiger partial charge in [-0.15, -0.1) is 0 Å². The molecule has 0 spiro atoms. The molecule has 0 aliphatic carbocycles. The molecule has 5 aromatic heterocycles. The molecule has 0 unspecified atom stereocenters. The molecule has 25 heteroatoms. The minimum atomic E-state index is -1.81. The number of fused-ring (bicyclic) bond motifs is 8. The number of nitrogens with zero attached hydrogens (tertiary/aromatic N) is 7. The molecule has 115 heavy (non-hydrogen) atoms. The quantitative estimate of drug-likeness (QED) is 0.0335. The summed E-state index contributed by atoms with van der Waals surface area (Å²) in [4.78, 5) is 81.1. The van der Waals surface area contributed by atoms with Gasteiger partial charge in [0.15, 0.2) is 0 Å². The Morgan fingerprint density at radius 1 is 0.365 bits per heavy atom. The average Bonchev–Trinajstić information content (AvgIpc) is 1.70. The second kappa shape index (κ2) is 37.1. The molecule has 2 fully saturated rings. The van der Waals surface area contributed by atoms with E-state index in [1.807, 2.05) is 6.07 Å². The van der Waals surface area contributed by atoms with Crippen molar-refractivity contribution in [2.45, 2.75) is 58.8 Å². The number of carbonyl (C=O) groups excluding carboxylic acids is 6. The molecule has 19 rings (SSSR count). The first-order chi connectivity index (χ1) is 55.2. The van der Waals surface area contributed by atoms with Crippen molar-refractivity contribution in [2.24, 2.45) is 0 Å². The molecule has 6 aliphatic rings. The zero-order chi connectivity index (χ0) is 81.7. The van der Waals surface area contributed by atoms with Gasteiger partial charge in [-0.2, -0.15) is 0 Å². The number of halogens is 1. The van der Waals surface area contributed by atoms with Gasteiger partial charge in [0.1, 0.15) is 14.5 Å². The Bertz CT molecular complexity index is 5550. The summed E-state index contributed by atoms with van der Waals surface area (Å²) in [5.41, 5.74) is 10.7. The number of imide groups is 2. The molecule has 582 valence electrons. The minimum absolute atomic E-state index is 0.174. The van der Waals surface area contributed by atoms with Crippen molar-refractivity contribution in [3.05, 3.63) is 285 Å². The molecule has 2 saturated heterocycles. The Kier molecular flexibility index (Phi) is 27.7. The zero-order valence-electron chi connectivity index (χ0n) is 65.8. The van der Waals surface area contributed by atoms with Crippen molar-refractivity contribution in [2.75, 3.05) is 48.2 Å². The number of amides is 6. The number of rotatable bonds is 5. The Morgan fingerprint density at radius 3 is 1.02 bits per heavy atom. The van der Waals surface area contributed by atoms with Crippen molar-refractivity contribution in [1.29, 1.82) is 0 Å². The van der Waals surface area contributed by atoms with Crippen molar-refractivity contribution in [3.8, 4) is 0 Å². The number of nitrogens with one attached hydrogen (secondary N) is 1. The number of likely N-dealkylation sites (N-methyl/N-ethyl adjacent to an activating group) is 2. The molecule has 13 aromatic rings. The molecule has 1 N–H and O–H groups in total. The predicted molar refractivity (Wildman–Crippen MR) is 504 cm³/mol. The van der Waals surface area contributed by atoms with E-state index in [9.17, 15) is 28.8 Å². The first kappa shape index (κ1) is 85.8. The van der Waals surface area contributed by atoms with E-state index in [0.717, 1.165) is 23.2 Å². The van der Waals surface area contributed by atoms with Crippen LogP contribution in [0.3, 0.4) is 0 Å². The number of thiocarbonyl (C=S) groups is 1. The number of carbonyl (C=O) groups is 6. The normalized spacial score (nSPS) is 15.7. The van der Waals surface area contributed by atoms with Gasteiger partial charge in [0.05, 0.1) is 0 Å². The molecule has 0 radical (unpaired) electrons. The van der Waals surface area contributed by atoms with Crippen LogP contribution in [0.5, 0.6) is 0 Å². The average molecular weight is 2290 g/mol. The fourth-order valence-electron chi connectivity index (χ4n) is 15.2. The number of benzene rings is 8. The first-order valence-corrected chi connectivity index (χ1v) is 63.2. The van der Waals surface area contributed by atoms with Crippen LogP contribution in [0.2, 0.25) is 52.4 Å². The number of hydrogen-bond donors (Lipinski definition) is 1. The summed E-state index contributed by atoms with van der Waals surface area (Å²) in [5.74, 6) is -1.58. The van der Waals surface area contributed by atoms with Gasteiger partial charge in [-0.05, 0) is 22.5 Å². The summed E-state index contributed by atoms with van der Waals surface area (Å²) in [5, 5.41) is 15.7. The second-order valence-corrected chi connectivity index (χ2v) is 64.9. The van der Waals surface area contributed by atoms with Crippen LogP contribution < -0.4 is 61.5 Å². The van der Waals surface area contributed by atoms with Crippen LogP contribution in [0.15, 0.2) is 277 Å². The monoisotopic (exact) mass is 2300 g/mol. The van der Waals surface area contributed by atoms with Crippen molar-refractivity contribution >= 4 is 314 Å². The Hall–Kier alpha value is -7.04. The first-order valence-electron chi connectivity index (χ1n) is 37.3. The number of urea groups is 1. The second-order valence-electron chi connectivity index (χ2n) is 29.9. The van der Waals surface area contributed by atoms with Gasteiger partial charge in [-0.3, -0.25) is 19.4 Å². The molecule has 6 amide bonds. The molecule has 0 atom stereocenters. The van der Waals surface area contributed by atoms with E-state index < -0.39 is 91.0 Å². The van der Waals surface area contributed by atoms with Crippen LogP contribution in [-0.2, 0) is 19.2 Å². The van der Waals surface area contributed by atoms with E-state index in [2.05, 4.69) is 360 Å². The molecular weight excluding hydrogens is 2200 g/mol. The molecule has 0 saturated carbocycles. The SMILES string of the molecule is CN1C(=O)C(=Cc2ccc(N3c4ccccc4[Si](C)(C)c4ccccc43)[te]2)C(=O)N(C)C1=S.CN1C(=O)CC(=O)N(C)C1=O.C[Si]1(C)c2ccccc2N(c2ccc(C=O)[te]2)c2ccccc21.C[Si]1(C)c2ccccc2N(c2ccc[te]2)c2ccccc21.C[Si]1(C)c2ccccc2Nc2ccccc21.Ic1ccc[te]1.c1cc[te]c1. The summed E-state index contributed by atoms with van der Waals surface area (Å²) in [6.07, 6.45) is 2.58. The van der Waals surface area contributed by atoms with Crippen LogP contribution in [0, 0.1) is 1.59 Å². The number of anilines is 11. The maximum absolute atomic E-state index is 12.7. The van der Waals surface area contributed by atoms with Gasteiger partial charge in [-0.25, -0.2) is 4.79 Å². The van der Waals surface area contributed by atoms with Crippen LogP contribution in [-0.4, -0.2) is 223 Å². The topological polar surface area (TPSA) is 137 Å². The van der Waals surface area contributed by atoms with Crippen molar-refractivity contribution in [3.63, 3.8) is 0 Å².